The minimum Gasteiger partial charge on any atom is -0.470 e. The Bertz CT molecular complexity index is 1120. The first kappa shape index (κ1) is 24.9. The fourth-order valence-electron chi connectivity index (χ4n) is 3.44. The summed E-state index contributed by atoms with van der Waals surface area (Å²) in [7, 11) is 0. The molecule has 0 atom stereocenters. The summed E-state index contributed by atoms with van der Waals surface area (Å²) in [4.78, 5) is 8.91. The fraction of sp³-hybridized carbons (Fsp3) is 0.250. The van der Waals surface area contributed by atoms with Crippen LogP contribution in [-0.4, -0.2) is 23.6 Å². The molecule has 0 radical (unpaired) electrons. The number of aliphatic imine (C=N–C) groups is 1. The lowest BCUT2D eigenvalue weighted by molar-refractivity contribution is 0.285. The highest BCUT2D eigenvalue weighted by molar-refractivity contribution is 6.01. The SMILES string of the molecule is CC.CC=N/C=C1\NN=C(OCc2cccc(CNCCc3ccccc3)n2)c2ccccc21. The fourth-order valence-corrected chi connectivity index (χ4v) is 3.44. The van der Waals surface area contributed by atoms with Crippen molar-refractivity contribution in [3.8, 4) is 0 Å². The van der Waals surface area contributed by atoms with Gasteiger partial charge in [0.25, 0.3) is 0 Å². The monoisotopic (exact) mass is 455 g/mol. The first-order chi connectivity index (χ1) is 16.8. The van der Waals surface area contributed by atoms with Gasteiger partial charge in [-0.1, -0.05) is 68.4 Å². The molecule has 0 amide bonds. The Morgan fingerprint density at radius 3 is 2.44 bits per heavy atom. The van der Waals surface area contributed by atoms with Crippen molar-refractivity contribution in [2.75, 3.05) is 6.54 Å². The van der Waals surface area contributed by atoms with E-state index in [1.807, 2.05) is 69.3 Å². The van der Waals surface area contributed by atoms with E-state index in [-0.39, 0.29) is 0 Å². The molecular formula is C28H33N5O. The van der Waals surface area contributed by atoms with Crippen molar-refractivity contribution in [1.82, 2.24) is 15.7 Å². The van der Waals surface area contributed by atoms with Gasteiger partial charge in [-0.15, -0.1) is 5.10 Å². The average Bonchev–Trinajstić information content (AvgIpc) is 2.91. The number of nitrogens with zero attached hydrogens (tertiary/aromatic N) is 3. The zero-order chi connectivity index (χ0) is 24.0. The van der Waals surface area contributed by atoms with Crippen LogP contribution in [0.5, 0.6) is 0 Å². The van der Waals surface area contributed by atoms with Crippen molar-refractivity contribution in [1.29, 1.82) is 0 Å². The number of rotatable bonds is 8. The second-order valence-electron chi connectivity index (χ2n) is 7.35. The van der Waals surface area contributed by atoms with Crippen LogP contribution < -0.4 is 10.7 Å². The molecule has 0 unspecified atom stereocenters. The van der Waals surface area contributed by atoms with Gasteiger partial charge < -0.3 is 10.1 Å². The van der Waals surface area contributed by atoms with E-state index in [2.05, 4.69) is 45.1 Å². The van der Waals surface area contributed by atoms with Crippen LogP contribution in [0.15, 0.2) is 89.1 Å². The van der Waals surface area contributed by atoms with Crippen LogP contribution in [0.3, 0.4) is 0 Å². The van der Waals surface area contributed by atoms with Crippen LogP contribution in [0.1, 0.15) is 48.8 Å². The van der Waals surface area contributed by atoms with Gasteiger partial charge in [0.15, 0.2) is 0 Å². The molecule has 1 aromatic heterocycles. The van der Waals surface area contributed by atoms with Crippen molar-refractivity contribution in [2.24, 2.45) is 10.1 Å². The van der Waals surface area contributed by atoms with Crippen LogP contribution in [0, 0.1) is 0 Å². The smallest absolute Gasteiger partial charge is 0.239 e. The Balaban J connectivity index is 0.00000158. The number of ether oxygens (including phenoxy) is 1. The molecule has 6 nitrogen and oxygen atoms in total. The summed E-state index contributed by atoms with van der Waals surface area (Å²) in [6, 6.07) is 24.5. The maximum Gasteiger partial charge on any atom is 0.239 e. The molecule has 0 aliphatic carbocycles. The predicted molar refractivity (Wildman–Crippen MR) is 140 cm³/mol. The lowest BCUT2D eigenvalue weighted by Crippen LogP contribution is -2.22. The van der Waals surface area contributed by atoms with E-state index >= 15 is 0 Å². The molecule has 0 spiro atoms. The molecule has 2 aromatic carbocycles. The van der Waals surface area contributed by atoms with E-state index in [0.717, 1.165) is 47.7 Å². The maximum atomic E-state index is 6.03. The molecule has 1 aliphatic rings. The summed E-state index contributed by atoms with van der Waals surface area (Å²) in [5, 5.41) is 7.86. The number of hydrazone groups is 1. The number of nitrogens with one attached hydrogen (secondary N) is 2. The zero-order valence-electron chi connectivity index (χ0n) is 20.2. The lowest BCUT2D eigenvalue weighted by Gasteiger charge is -2.19. The average molecular weight is 456 g/mol. The molecule has 2 N–H and O–H groups in total. The molecule has 176 valence electrons. The summed E-state index contributed by atoms with van der Waals surface area (Å²) in [5.74, 6) is 0.548. The van der Waals surface area contributed by atoms with E-state index in [0.29, 0.717) is 12.5 Å². The van der Waals surface area contributed by atoms with Gasteiger partial charge in [0.2, 0.25) is 5.90 Å². The van der Waals surface area contributed by atoms with Gasteiger partial charge in [-0.2, -0.15) is 0 Å². The van der Waals surface area contributed by atoms with Gasteiger partial charge in [-0.05, 0) is 43.7 Å². The second kappa shape index (κ2) is 13.7. The minimum atomic E-state index is 0.346. The van der Waals surface area contributed by atoms with Crippen molar-refractivity contribution < 1.29 is 4.74 Å². The predicted octanol–water partition coefficient (Wildman–Crippen LogP) is 5.31. The van der Waals surface area contributed by atoms with E-state index in [9.17, 15) is 0 Å². The Morgan fingerprint density at radius 2 is 1.65 bits per heavy atom. The van der Waals surface area contributed by atoms with E-state index in [1.165, 1.54) is 5.56 Å². The van der Waals surface area contributed by atoms with Gasteiger partial charge >= 0.3 is 0 Å². The molecule has 2 heterocycles. The molecule has 6 heteroatoms. The van der Waals surface area contributed by atoms with Gasteiger partial charge in [-0.25, -0.2) is 0 Å². The lowest BCUT2D eigenvalue weighted by atomic mass is 10.0. The number of pyridine rings is 1. The Hall–Kier alpha value is -3.77. The molecule has 0 fully saturated rings. The summed E-state index contributed by atoms with van der Waals surface area (Å²) in [6.07, 6.45) is 4.49. The largest absolute Gasteiger partial charge is 0.470 e. The summed E-state index contributed by atoms with van der Waals surface area (Å²) in [5.41, 5.74) is 9.00. The quantitative estimate of drug-likeness (QED) is 0.357. The molecular weight excluding hydrogens is 422 g/mol. The highest BCUT2D eigenvalue weighted by Gasteiger charge is 2.19. The van der Waals surface area contributed by atoms with E-state index in [4.69, 9.17) is 9.72 Å². The van der Waals surface area contributed by atoms with Crippen LogP contribution in [0.25, 0.3) is 5.70 Å². The van der Waals surface area contributed by atoms with Crippen molar-refractivity contribution >= 4 is 17.8 Å². The number of hydrogen-bond donors (Lipinski definition) is 2. The third-order valence-electron chi connectivity index (χ3n) is 5.04. The number of hydrogen-bond acceptors (Lipinski definition) is 6. The highest BCUT2D eigenvalue weighted by atomic mass is 16.5. The molecule has 0 saturated heterocycles. The van der Waals surface area contributed by atoms with Gasteiger partial charge in [0.1, 0.15) is 6.61 Å². The maximum absolute atomic E-state index is 6.03. The third kappa shape index (κ3) is 7.12. The van der Waals surface area contributed by atoms with Crippen LogP contribution in [-0.2, 0) is 24.3 Å². The van der Waals surface area contributed by atoms with Gasteiger partial charge in [0, 0.05) is 23.9 Å². The standard InChI is InChI=1S/C26H27N5O.C2H6/c1-2-27-18-25-23-13-6-7-14-24(23)26(31-30-25)32-19-22-12-8-11-21(29-22)17-28-16-15-20-9-4-3-5-10-20;1-2/h2-14,18,28,30H,15-17,19H2,1H3;1-2H3/b25-18-,27-2?;. The zero-order valence-corrected chi connectivity index (χ0v) is 20.2. The normalized spacial score (nSPS) is 13.5. The Kier molecular flexibility index (Phi) is 10.0. The molecule has 3 aromatic rings. The first-order valence-corrected chi connectivity index (χ1v) is 11.8. The van der Waals surface area contributed by atoms with Crippen LogP contribution >= 0.6 is 0 Å². The number of aromatic nitrogens is 1. The first-order valence-electron chi connectivity index (χ1n) is 11.8. The Morgan fingerprint density at radius 1 is 0.912 bits per heavy atom. The number of fused-ring (bicyclic) bond motifs is 1. The topological polar surface area (TPSA) is 70.9 Å². The summed E-state index contributed by atoms with van der Waals surface area (Å²) in [6.45, 7) is 7.85. The van der Waals surface area contributed by atoms with E-state index in [1.54, 1.807) is 12.4 Å². The summed E-state index contributed by atoms with van der Waals surface area (Å²) >= 11 is 0. The minimum absolute atomic E-state index is 0.346. The molecule has 0 bridgehead atoms. The second-order valence-corrected chi connectivity index (χ2v) is 7.35. The molecule has 0 saturated carbocycles. The van der Waals surface area contributed by atoms with Crippen molar-refractivity contribution in [3.05, 3.63) is 107 Å². The summed E-state index contributed by atoms with van der Waals surface area (Å²) < 4.78 is 6.03. The third-order valence-corrected chi connectivity index (χ3v) is 5.04. The van der Waals surface area contributed by atoms with Crippen LogP contribution in [0.2, 0.25) is 0 Å². The number of benzene rings is 2. The van der Waals surface area contributed by atoms with Crippen molar-refractivity contribution in [2.45, 2.75) is 40.3 Å². The van der Waals surface area contributed by atoms with Crippen LogP contribution in [0.4, 0.5) is 0 Å². The molecule has 34 heavy (non-hydrogen) atoms. The highest BCUT2D eigenvalue weighted by Crippen LogP contribution is 2.23. The van der Waals surface area contributed by atoms with Crippen molar-refractivity contribution in [3.63, 3.8) is 0 Å². The van der Waals surface area contributed by atoms with Gasteiger partial charge in [0.05, 0.1) is 23.3 Å². The molecule has 1 aliphatic heterocycles. The molecule has 4 rings (SSSR count). The van der Waals surface area contributed by atoms with Gasteiger partial charge in [-0.3, -0.25) is 15.4 Å². The Labute approximate surface area is 202 Å². The van der Waals surface area contributed by atoms with E-state index < -0.39 is 0 Å².